The lowest BCUT2D eigenvalue weighted by Gasteiger charge is -2.49. The van der Waals surface area contributed by atoms with Crippen molar-refractivity contribution in [1.29, 1.82) is 0 Å². The SMILES string of the molecule is CSCC1=C(C(=O)O)N2C(=O)C(NC(=O)C(=NOCC(=O)OC(c3ccccc3)c3ccccc3)c3csc(NC(=O)C(F)(F)F)n3)[C@@H]2SC1. The number of hydrogen-bond acceptors (Lipinski definition) is 12. The summed E-state index contributed by atoms with van der Waals surface area (Å²) >= 11 is 3.17. The number of alkyl halides is 3. The van der Waals surface area contributed by atoms with Gasteiger partial charge in [0.1, 0.15) is 22.8 Å². The summed E-state index contributed by atoms with van der Waals surface area (Å²) in [7, 11) is 0. The average Bonchev–Trinajstić information content (AvgIpc) is 3.55. The van der Waals surface area contributed by atoms with Gasteiger partial charge in [0.15, 0.2) is 16.9 Å². The number of carbonyl (C=O) groups excluding carboxylic acids is 4. The Balaban J connectivity index is 1.34. The first-order chi connectivity index (χ1) is 23.9. The first kappa shape index (κ1) is 36.4. The Morgan fingerprint density at radius 1 is 1.10 bits per heavy atom. The van der Waals surface area contributed by atoms with Gasteiger partial charge in [-0.1, -0.05) is 65.8 Å². The molecule has 13 nitrogen and oxygen atoms in total. The minimum absolute atomic E-state index is 0.164. The molecular weight excluding hydrogens is 724 g/mol. The number of benzene rings is 2. The summed E-state index contributed by atoms with van der Waals surface area (Å²) in [5.74, 6) is -5.59. The number of oxime groups is 1. The van der Waals surface area contributed by atoms with E-state index in [2.05, 4.69) is 15.5 Å². The first-order valence-electron chi connectivity index (χ1n) is 14.4. The predicted octanol–water partition coefficient (Wildman–Crippen LogP) is 3.80. The van der Waals surface area contributed by atoms with Gasteiger partial charge in [-0.3, -0.25) is 24.6 Å². The van der Waals surface area contributed by atoms with E-state index in [1.165, 1.54) is 23.5 Å². The molecule has 0 bridgehead atoms. The molecule has 1 unspecified atom stereocenters. The number of rotatable bonds is 13. The molecule has 3 N–H and O–H groups in total. The smallest absolute Gasteiger partial charge is 0.471 e. The van der Waals surface area contributed by atoms with E-state index in [0.29, 0.717) is 33.8 Å². The standard InChI is InChI=1S/C31H26F3N5O8S3/c1-48-13-18-14-49-27-22(26(42)39(27)23(18)28(43)44)36-25(41)21(19-15-50-30(35-19)37-29(45)31(32,33)34)38-46-12-20(40)47-24(16-8-4-2-5-9-16)17-10-6-3-7-11-17/h2-11,15,22,24,27H,12-14H2,1H3,(H,36,41)(H,43,44)(H,35,37,45)/t22?,27-/m0/s1. The van der Waals surface area contributed by atoms with Gasteiger partial charge in [0, 0.05) is 16.9 Å². The molecule has 0 aliphatic carbocycles. The number of nitrogens with zero attached hydrogens (tertiary/aromatic N) is 3. The Morgan fingerprint density at radius 2 is 1.74 bits per heavy atom. The van der Waals surface area contributed by atoms with Crippen molar-refractivity contribution in [3.05, 3.63) is 94.1 Å². The fourth-order valence-electron chi connectivity index (χ4n) is 4.89. The molecule has 0 spiro atoms. The zero-order valence-corrected chi connectivity index (χ0v) is 28.2. The van der Waals surface area contributed by atoms with Gasteiger partial charge in [-0.2, -0.15) is 24.9 Å². The van der Waals surface area contributed by atoms with E-state index in [0.717, 1.165) is 10.3 Å². The fraction of sp³-hybridized carbons (Fsp3) is 0.258. The molecule has 3 aromatic rings. The molecule has 19 heteroatoms. The van der Waals surface area contributed by atoms with Crippen LogP contribution < -0.4 is 10.6 Å². The summed E-state index contributed by atoms with van der Waals surface area (Å²) in [6.45, 7) is -0.811. The molecular formula is C31H26F3N5O8S3. The highest BCUT2D eigenvalue weighted by Gasteiger charge is 2.54. The quantitative estimate of drug-likeness (QED) is 0.100. The molecule has 262 valence electrons. The van der Waals surface area contributed by atoms with Gasteiger partial charge in [0.2, 0.25) is 6.61 Å². The number of carboxylic acid groups (broad SMARTS) is 1. The summed E-state index contributed by atoms with van der Waals surface area (Å²) in [6, 6.07) is 16.5. The molecule has 0 saturated carbocycles. The maximum absolute atomic E-state index is 13.5. The summed E-state index contributed by atoms with van der Waals surface area (Å²) in [5.41, 5.74) is 0.708. The Morgan fingerprint density at radius 3 is 2.32 bits per heavy atom. The largest absolute Gasteiger partial charge is 0.477 e. The van der Waals surface area contributed by atoms with Crippen molar-refractivity contribution in [2.24, 2.45) is 5.16 Å². The van der Waals surface area contributed by atoms with Gasteiger partial charge in [0.05, 0.1) is 0 Å². The molecule has 2 aliphatic heterocycles. The average molecular weight is 750 g/mol. The number of nitrogens with one attached hydrogen (secondary N) is 2. The van der Waals surface area contributed by atoms with Crippen LogP contribution in [0.15, 0.2) is 82.5 Å². The number of esters is 1. The zero-order valence-electron chi connectivity index (χ0n) is 25.7. The molecule has 5 rings (SSSR count). The fourth-order valence-corrected chi connectivity index (χ4v) is 7.64. The molecule has 3 amide bonds. The highest BCUT2D eigenvalue weighted by molar-refractivity contribution is 8.00. The van der Waals surface area contributed by atoms with Crippen molar-refractivity contribution in [3.8, 4) is 0 Å². The van der Waals surface area contributed by atoms with Gasteiger partial charge in [0.25, 0.3) is 11.8 Å². The third kappa shape index (κ3) is 8.28. The second kappa shape index (κ2) is 15.8. The van der Waals surface area contributed by atoms with E-state index >= 15 is 0 Å². The molecule has 2 aliphatic rings. The van der Waals surface area contributed by atoms with E-state index < -0.39 is 70.8 Å². The predicted molar refractivity (Wildman–Crippen MR) is 178 cm³/mol. The number of fused-ring (bicyclic) bond motifs is 1. The summed E-state index contributed by atoms with van der Waals surface area (Å²) in [5, 5.41) is 17.3. The highest BCUT2D eigenvalue weighted by Crippen LogP contribution is 2.41. The number of amides is 3. The molecule has 0 radical (unpaired) electrons. The molecule has 1 saturated heterocycles. The van der Waals surface area contributed by atoms with Crippen LogP contribution in [0.1, 0.15) is 22.9 Å². The maximum atomic E-state index is 13.5. The van der Waals surface area contributed by atoms with Crippen molar-refractivity contribution in [1.82, 2.24) is 15.2 Å². The van der Waals surface area contributed by atoms with Gasteiger partial charge in [-0.15, -0.1) is 23.1 Å². The molecule has 1 fully saturated rings. The summed E-state index contributed by atoms with van der Waals surface area (Å²) < 4.78 is 44.1. The van der Waals surface area contributed by atoms with Crippen LogP contribution in [0.3, 0.4) is 0 Å². The number of halogens is 3. The number of ether oxygens (including phenoxy) is 1. The normalized spacial score (nSPS) is 17.5. The van der Waals surface area contributed by atoms with E-state index in [1.54, 1.807) is 72.2 Å². The lowest BCUT2D eigenvalue weighted by molar-refractivity contribution is -0.167. The minimum Gasteiger partial charge on any atom is -0.477 e. The van der Waals surface area contributed by atoms with Crippen molar-refractivity contribution in [2.45, 2.75) is 23.7 Å². The number of anilines is 1. The number of β-lactam (4-membered cyclic amide) rings is 1. The van der Waals surface area contributed by atoms with E-state index in [9.17, 15) is 42.3 Å². The van der Waals surface area contributed by atoms with Crippen molar-refractivity contribution < 1.29 is 51.8 Å². The Kier molecular flexibility index (Phi) is 11.5. The van der Waals surface area contributed by atoms with Crippen LogP contribution in [0.5, 0.6) is 0 Å². The second-order valence-corrected chi connectivity index (χ2v) is 13.3. The topological polar surface area (TPSA) is 177 Å². The number of carboxylic acids is 1. The zero-order chi connectivity index (χ0) is 36.0. The van der Waals surface area contributed by atoms with Crippen molar-refractivity contribution >= 4 is 75.4 Å². The molecule has 3 heterocycles. The number of carbonyl (C=O) groups is 5. The van der Waals surface area contributed by atoms with E-state index in [4.69, 9.17) is 9.57 Å². The van der Waals surface area contributed by atoms with Crippen LogP contribution in [0.2, 0.25) is 0 Å². The molecule has 50 heavy (non-hydrogen) atoms. The van der Waals surface area contributed by atoms with E-state index in [1.807, 2.05) is 0 Å². The van der Waals surface area contributed by atoms with Crippen LogP contribution in [-0.2, 0) is 33.5 Å². The molecule has 2 atom stereocenters. The summed E-state index contributed by atoms with van der Waals surface area (Å²) in [6.07, 6.45) is -4.25. The molecule has 2 aromatic carbocycles. The van der Waals surface area contributed by atoms with Crippen LogP contribution in [0.25, 0.3) is 0 Å². The minimum atomic E-state index is -5.21. The van der Waals surface area contributed by atoms with Crippen LogP contribution in [0, 0.1) is 0 Å². The van der Waals surface area contributed by atoms with Gasteiger partial charge < -0.3 is 20.0 Å². The third-order valence-electron chi connectivity index (χ3n) is 7.09. The maximum Gasteiger partial charge on any atom is 0.471 e. The Bertz CT molecular complexity index is 1800. The lowest BCUT2D eigenvalue weighted by atomic mass is 10.0. The van der Waals surface area contributed by atoms with Crippen LogP contribution in [0.4, 0.5) is 18.3 Å². The lowest BCUT2D eigenvalue weighted by Crippen LogP contribution is -2.71. The van der Waals surface area contributed by atoms with E-state index in [-0.39, 0.29) is 17.1 Å². The van der Waals surface area contributed by atoms with Gasteiger partial charge >= 0.3 is 24.0 Å². The summed E-state index contributed by atoms with van der Waals surface area (Å²) in [4.78, 5) is 73.1. The highest BCUT2D eigenvalue weighted by atomic mass is 32.2. The van der Waals surface area contributed by atoms with Crippen LogP contribution >= 0.6 is 34.9 Å². The van der Waals surface area contributed by atoms with Gasteiger partial charge in [-0.05, 0) is 23.0 Å². The van der Waals surface area contributed by atoms with Crippen molar-refractivity contribution in [2.75, 3.05) is 29.7 Å². The first-order valence-corrected chi connectivity index (χ1v) is 17.7. The third-order valence-corrected chi connectivity index (χ3v) is 9.82. The number of thioether (sulfide) groups is 2. The molecule has 1 aromatic heterocycles. The number of hydrogen-bond donors (Lipinski definition) is 3. The van der Waals surface area contributed by atoms with Crippen molar-refractivity contribution in [3.63, 3.8) is 0 Å². The second-order valence-electron chi connectivity index (χ2n) is 10.4. The number of aromatic nitrogens is 1. The Hall–Kier alpha value is -4.88. The monoisotopic (exact) mass is 749 g/mol. The van der Waals surface area contributed by atoms with Crippen LogP contribution in [-0.4, -0.2) is 92.3 Å². The number of aliphatic carboxylic acids is 1. The van der Waals surface area contributed by atoms with Gasteiger partial charge in [-0.25, -0.2) is 14.6 Å². The Labute approximate surface area is 294 Å². The number of thiazole rings is 1.